The van der Waals surface area contributed by atoms with Gasteiger partial charge in [0.2, 0.25) is 0 Å². The monoisotopic (exact) mass is 246 g/mol. The van der Waals surface area contributed by atoms with Crippen LogP contribution in [0, 0.1) is 0 Å². The predicted molar refractivity (Wildman–Crippen MR) is 54.5 cm³/mol. The van der Waals surface area contributed by atoms with Crippen molar-refractivity contribution in [3.63, 3.8) is 0 Å². The number of hydrogen-bond acceptors (Lipinski definition) is 5. The quantitative estimate of drug-likeness (QED) is 0.771. The Morgan fingerprint density at radius 1 is 1.65 bits per heavy atom. The second-order valence-electron chi connectivity index (χ2n) is 3.26. The largest absolute Gasteiger partial charge is 0.506 e. The molecule has 0 spiro atoms. The van der Waals surface area contributed by atoms with Gasteiger partial charge >= 0.3 is 5.97 Å². The summed E-state index contributed by atoms with van der Waals surface area (Å²) in [4.78, 5) is 14.6. The second kappa shape index (κ2) is 5.53. The number of rotatable bonds is 4. The number of aromatic nitrogens is 1. The molecule has 0 unspecified atom stereocenters. The smallest absolute Gasteiger partial charge is 0.311 e. The third-order valence-corrected chi connectivity index (χ3v) is 2.17. The Balaban J connectivity index is 3.16. The summed E-state index contributed by atoms with van der Waals surface area (Å²) in [6.07, 6.45) is -3.18. The van der Waals surface area contributed by atoms with Crippen molar-refractivity contribution in [1.29, 1.82) is 0 Å². The molecule has 0 amide bonds. The molecule has 7 heteroatoms. The summed E-state index contributed by atoms with van der Waals surface area (Å²) in [7, 11) is 1.18. The number of pyridine rings is 1. The Kier molecular flexibility index (Phi) is 4.33. The number of nitrogens with two attached hydrogens (primary N) is 1. The van der Waals surface area contributed by atoms with Gasteiger partial charge < -0.3 is 15.6 Å². The van der Waals surface area contributed by atoms with E-state index in [9.17, 15) is 18.7 Å². The summed E-state index contributed by atoms with van der Waals surface area (Å²) in [6.45, 7) is -0.0175. The van der Waals surface area contributed by atoms with Crippen molar-refractivity contribution >= 4 is 5.97 Å². The summed E-state index contributed by atoms with van der Waals surface area (Å²) in [5.41, 5.74) is 5.03. The number of carbonyl (C=O) groups excluding carboxylic acids is 1. The standard InChI is InChI=1S/C10H12F2N2O3/c1-17-8(16)3-6-5(4-13)2-7(15)9(14-6)10(11)12/h2,10,15H,3-4,13H2,1H3. The number of esters is 1. The van der Waals surface area contributed by atoms with Crippen LogP contribution in [-0.2, 0) is 22.5 Å². The number of methoxy groups -OCH3 is 1. The Morgan fingerprint density at radius 3 is 2.76 bits per heavy atom. The lowest BCUT2D eigenvalue weighted by molar-refractivity contribution is -0.139. The first-order valence-electron chi connectivity index (χ1n) is 4.76. The minimum absolute atomic E-state index is 0.0175. The summed E-state index contributed by atoms with van der Waals surface area (Å²) >= 11 is 0. The van der Waals surface area contributed by atoms with Gasteiger partial charge in [0, 0.05) is 6.54 Å². The molecular formula is C10H12F2N2O3. The van der Waals surface area contributed by atoms with Crippen LogP contribution in [-0.4, -0.2) is 23.2 Å². The van der Waals surface area contributed by atoms with Gasteiger partial charge in [-0.1, -0.05) is 0 Å². The first kappa shape index (κ1) is 13.3. The molecule has 0 atom stereocenters. The van der Waals surface area contributed by atoms with Crippen molar-refractivity contribution in [1.82, 2.24) is 4.98 Å². The summed E-state index contributed by atoms with van der Waals surface area (Å²) in [5.74, 6) is -1.24. The molecule has 0 fully saturated rings. The SMILES string of the molecule is COC(=O)Cc1nc(C(F)F)c(O)cc1CN. The van der Waals surface area contributed by atoms with Gasteiger partial charge in [-0.15, -0.1) is 0 Å². The van der Waals surface area contributed by atoms with Gasteiger partial charge in [-0.05, 0) is 11.6 Å². The number of hydrogen-bond donors (Lipinski definition) is 2. The molecule has 0 bridgehead atoms. The highest BCUT2D eigenvalue weighted by atomic mass is 19.3. The molecule has 0 saturated carbocycles. The van der Waals surface area contributed by atoms with Crippen LogP contribution in [0.25, 0.3) is 0 Å². The van der Waals surface area contributed by atoms with Gasteiger partial charge in [-0.25, -0.2) is 13.8 Å². The Hall–Kier alpha value is -1.76. The van der Waals surface area contributed by atoms with Crippen LogP contribution in [0.15, 0.2) is 6.07 Å². The van der Waals surface area contributed by atoms with Gasteiger partial charge in [-0.2, -0.15) is 0 Å². The van der Waals surface area contributed by atoms with Crippen molar-refractivity contribution in [2.24, 2.45) is 5.73 Å². The zero-order chi connectivity index (χ0) is 13.0. The Labute approximate surface area is 96.2 Å². The van der Waals surface area contributed by atoms with E-state index in [-0.39, 0.29) is 18.7 Å². The van der Waals surface area contributed by atoms with E-state index >= 15 is 0 Å². The molecule has 0 saturated heterocycles. The molecule has 5 nitrogen and oxygen atoms in total. The molecule has 0 aromatic carbocycles. The number of halogens is 2. The highest BCUT2D eigenvalue weighted by Gasteiger charge is 2.19. The van der Waals surface area contributed by atoms with E-state index in [4.69, 9.17) is 5.73 Å². The lowest BCUT2D eigenvalue weighted by atomic mass is 10.1. The van der Waals surface area contributed by atoms with Gasteiger partial charge in [-0.3, -0.25) is 4.79 Å². The number of ether oxygens (including phenoxy) is 1. The summed E-state index contributed by atoms with van der Waals surface area (Å²) in [6, 6.07) is 1.09. The van der Waals surface area contributed by atoms with Gasteiger partial charge in [0.25, 0.3) is 6.43 Å². The third kappa shape index (κ3) is 3.10. The van der Waals surface area contributed by atoms with Crippen LogP contribution in [0.1, 0.15) is 23.4 Å². The molecule has 0 radical (unpaired) electrons. The molecule has 94 valence electrons. The van der Waals surface area contributed by atoms with Crippen LogP contribution >= 0.6 is 0 Å². The number of alkyl halides is 2. The molecule has 0 aliphatic carbocycles. The highest BCUT2D eigenvalue weighted by Crippen LogP contribution is 2.28. The van der Waals surface area contributed by atoms with Crippen molar-refractivity contribution < 1.29 is 23.4 Å². The highest BCUT2D eigenvalue weighted by molar-refractivity contribution is 5.72. The maximum atomic E-state index is 12.5. The molecule has 1 aromatic heterocycles. The van der Waals surface area contributed by atoms with E-state index in [0.29, 0.717) is 5.56 Å². The maximum absolute atomic E-state index is 12.5. The number of aromatic hydroxyl groups is 1. The maximum Gasteiger partial charge on any atom is 0.311 e. The topological polar surface area (TPSA) is 85.4 Å². The molecule has 0 aliphatic rings. The molecule has 1 rings (SSSR count). The number of carbonyl (C=O) groups is 1. The second-order valence-corrected chi connectivity index (χ2v) is 3.26. The van der Waals surface area contributed by atoms with Crippen molar-refractivity contribution in [3.8, 4) is 5.75 Å². The lowest BCUT2D eigenvalue weighted by Gasteiger charge is -2.10. The first-order chi connectivity index (χ1) is 7.99. The van der Waals surface area contributed by atoms with Crippen molar-refractivity contribution in [3.05, 3.63) is 23.0 Å². The minimum atomic E-state index is -2.92. The van der Waals surface area contributed by atoms with Crippen molar-refractivity contribution in [2.45, 2.75) is 19.4 Å². The fourth-order valence-corrected chi connectivity index (χ4v) is 1.30. The fraction of sp³-hybridized carbons (Fsp3) is 0.400. The van der Waals surface area contributed by atoms with Gasteiger partial charge in [0.1, 0.15) is 11.4 Å². The Morgan fingerprint density at radius 2 is 2.29 bits per heavy atom. The van der Waals surface area contributed by atoms with E-state index in [1.165, 1.54) is 7.11 Å². The molecule has 0 aliphatic heterocycles. The fourth-order valence-electron chi connectivity index (χ4n) is 1.30. The van der Waals surface area contributed by atoms with Crippen molar-refractivity contribution in [2.75, 3.05) is 7.11 Å². The van der Waals surface area contributed by atoms with Crippen LogP contribution in [0.3, 0.4) is 0 Å². The van der Waals surface area contributed by atoms with E-state index in [2.05, 4.69) is 9.72 Å². The molecule has 1 heterocycles. The van der Waals surface area contributed by atoms with Crippen LogP contribution in [0.2, 0.25) is 0 Å². The zero-order valence-corrected chi connectivity index (χ0v) is 9.11. The van der Waals surface area contributed by atoms with Gasteiger partial charge in [0.15, 0.2) is 0 Å². The Bertz CT molecular complexity index is 424. The third-order valence-electron chi connectivity index (χ3n) is 2.17. The summed E-state index contributed by atoms with van der Waals surface area (Å²) < 4.78 is 29.4. The summed E-state index contributed by atoms with van der Waals surface area (Å²) in [5, 5.41) is 9.29. The van der Waals surface area contributed by atoms with Crippen LogP contribution < -0.4 is 5.73 Å². The van der Waals surface area contributed by atoms with Crippen LogP contribution in [0.4, 0.5) is 8.78 Å². The van der Waals surface area contributed by atoms with E-state index in [1.807, 2.05) is 0 Å². The predicted octanol–water partition coefficient (Wildman–Crippen LogP) is 0.899. The van der Waals surface area contributed by atoms with E-state index in [1.54, 1.807) is 0 Å². The molecule has 1 aromatic rings. The molecular weight excluding hydrogens is 234 g/mol. The normalized spacial score (nSPS) is 10.6. The first-order valence-corrected chi connectivity index (χ1v) is 4.76. The number of nitrogens with zero attached hydrogens (tertiary/aromatic N) is 1. The van der Waals surface area contributed by atoms with Crippen LogP contribution in [0.5, 0.6) is 5.75 Å². The average Bonchev–Trinajstić information content (AvgIpc) is 2.30. The molecule has 17 heavy (non-hydrogen) atoms. The average molecular weight is 246 g/mol. The van der Waals surface area contributed by atoms with E-state index < -0.39 is 23.8 Å². The zero-order valence-electron chi connectivity index (χ0n) is 9.11. The van der Waals surface area contributed by atoms with Gasteiger partial charge in [0.05, 0.1) is 19.2 Å². The minimum Gasteiger partial charge on any atom is -0.506 e. The lowest BCUT2D eigenvalue weighted by Crippen LogP contribution is -2.12. The molecule has 3 N–H and O–H groups in total. The van der Waals surface area contributed by atoms with E-state index in [0.717, 1.165) is 6.07 Å².